The van der Waals surface area contributed by atoms with Gasteiger partial charge < -0.3 is 15.1 Å². The molecule has 1 heterocycles. The molecule has 0 spiro atoms. The first-order valence-corrected chi connectivity index (χ1v) is 9.49. The van der Waals surface area contributed by atoms with Crippen molar-refractivity contribution in [2.24, 2.45) is 0 Å². The summed E-state index contributed by atoms with van der Waals surface area (Å²) in [7, 11) is 2.00. The molecule has 134 valence electrons. The van der Waals surface area contributed by atoms with E-state index in [9.17, 15) is 9.59 Å². The fraction of sp³-hybridized carbons (Fsp3) is 0.368. The molecule has 25 heavy (non-hydrogen) atoms. The van der Waals surface area contributed by atoms with Gasteiger partial charge in [-0.2, -0.15) is 11.3 Å². The van der Waals surface area contributed by atoms with E-state index >= 15 is 0 Å². The molecule has 0 saturated heterocycles. The van der Waals surface area contributed by atoms with Crippen LogP contribution in [0.25, 0.3) is 0 Å². The third-order valence-corrected chi connectivity index (χ3v) is 4.72. The third-order valence-electron chi connectivity index (χ3n) is 3.99. The van der Waals surface area contributed by atoms with Crippen molar-refractivity contribution in [2.75, 3.05) is 32.0 Å². The van der Waals surface area contributed by atoms with Gasteiger partial charge in [0.25, 0.3) is 11.8 Å². The van der Waals surface area contributed by atoms with Crippen LogP contribution in [0.2, 0.25) is 0 Å². The first-order valence-electron chi connectivity index (χ1n) is 8.55. The van der Waals surface area contributed by atoms with E-state index in [0.29, 0.717) is 30.9 Å². The Labute approximate surface area is 153 Å². The normalized spacial score (nSPS) is 11.8. The van der Waals surface area contributed by atoms with Crippen molar-refractivity contribution in [3.63, 3.8) is 0 Å². The van der Waals surface area contributed by atoms with E-state index in [1.807, 2.05) is 32.3 Å². The first-order chi connectivity index (χ1) is 12.0. The number of rotatable bonds is 8. The first kappa shape index (κ1) is 19.1. The Balaban J connectivity index is 1.94. The minimum Gasteiger partial charge on any atom is -0.339 e. The van der Waals surface area contributed by atoms with Crippen LogP contribution in [0, 0.1) is 0 Å². The summed E-state index contributed by atoms with van der Waals surface area (Å²) in [5, 5.41) is 7.04. The predicted octanol–water partition coefficient (Wildman–Crippen LogP) is 1.88. The molecule has 6 heteroatoms. The van der Waals surface area contributed by atoms with Gasteiger partial charge in [0.05, 0.1) is 7.05 Å². The highest BCUT2D eigenvalue weighted by Gasteiger charge is 2.14. The smallest absolute Gasteiger partial charge is 0.279 e. The molecule has 0 aliphatic rings. The summed E-state index contributed by atoms with van der Waals surface area (Å²) in [6.07, 6.45) is 0. The lowest BCUT2D eigenvalue weighted by Crippen LogP contribution is -3.08. The molecule has 0 fully saturated rings. The zero-order chi connectivity index (χ0) is 18.2. The number of carbonyl (C=O) groups excluding carboxylic acids is 2. The Bertz CT molecular complexity index is 696. The molecule has 0 radical (unpaired) electrons. The summed E-state index contributed by atoms with van der Waals surface area (Å²) >= 11 is 1.66. The minimum absolute atomic E-state index is 0.0127. The standard InChI is InChI=1S/C19H25N3O2S/c1-4-22(5-2)19(24)16-7-6-8-17(11-16)20-18(23)13-21(3)12-15-9-10-25-14-15/h6-11,14H,4-5,12-13H2,1-3H3,(H,20,23)/p+1. The van der Waals surface area contributed by atoms with Crippen LogP contribution in [0.15, 0.2) is 41.1 Å². The van der Waals surface area contributed by atoms with Gasteiger partial charge in [-0.25, -0.2) is 0 Å². The van der Waals surface area contributed by atoms with Gasteiger partial charge in [0.2, 0.25) is 0 Å². The number of benzene rings is 1. The Kier molecular flexibility index (Phi) is 7.16. The number of amides is 2. The minimum atomic E-state index is -0.0554. The van der Waals surface area contributed by atoms with Crippen molar-refractivity contribution in [3.8, 4) is 0 Å². The molecule has 1 unspecified atom stereocenters. The maximum atomic E-state index is 12.4. The topological polar surface area (TPSA) is 53.9 Å². The second-order valence-electron chi connectivity index (χ2n) is 6.05. The number of nitrogens with zero attached hydrogens (tertiary/aromatic N) is 1. The molecule has 5 nitrogen and oxygen atoms in total. The zero-order valence-electron chi connectivity index (χ0n) is 15.0. The second kappa shape index (κ2) is 9.34. The summed E-state index contributed by atoms with van der Waals surface area (Å²) in [4.78, 5) is 27.5. The molecule has 2 N–H and O–H groups in total. The zero-order valence-corrected chi connectivity index (χ0v) is 15.9. The van der Waals surface area contributed by atoms with Gasteiger partial charge in [0.1, 0.15) is 6.54 Å². The molecule has 1 aromatic carbocycles. The number of carbonyl (C=O) groups is 2. The molecule has 0 aliphatic carbocycles. The van der Waals surface area contributed by atoms with Crippen molar-refractivity contribution < 1.29 is 14.5 Å². The maximum Gasteiger partial charge on any atom is 0.279 e. The highest BCUT2D eigenvalue weighted by atomic mass is 32.1. The average molecular weight is 361 g/mol. The van der Waals surface area contributed by atoms with E-state index in [4.69, 9.17) is 0 Å². The van der Waals surface area contributed by atoms with Gasteiger partial charge >= 0.3 is 0 Å². The molecule has 1 aromatic heterocycles. The summed E-state index contributed by atoms with van der Waals surface area (Å²) in [5.41, 5.74) is 2.49. The second-order valence-corrected chi connectivity index (χ2v) is 6.83. The maximum absolute atomic E-state index is 12.4. The lowest BCUT2D eigenvalue weighted by molar-refractivity contribution is -0.885. The van der Waals surface area contributed by atoms with Crippen LogP contribution in [0.5, 0.6) is 0 Å². The number of quaternary nitrogens is 1. The Morgan fingerprint density at radius 2 is 1.96 bits per heavy atom. The Morgan fingerprint density at radius 3 is 2.60 bits per heavy atom. The fourth-order valence-electron chi connectivity index (χ4n) is 2.71. The van der Waals surface area contributed by atoms with Crippen LogP contribution < -0.4 is 10.2 Å². The number of thiophene rings is 1. The van der Waals surface area contributed by atoms with Gasteiger partial charge in [0.15, 0.2) is 6.54 Å². The van der Waals surface area contributed by atoms with E-state index in [-0.39, 0.29) is 11.8 Å². The Morgan fingerprint density at radius 1 is 1.20 bits per heavy atom. The SMILES string of the molecule is CCN(CC)C(=O)c1cccc(NC(=O)C[NH+](C)Cc2ccsc2)c1. The van der Waals surface area contributed by atoms with E-state index in [2.05, 4.69) is 16.8 Å². The van der Waals surface area contributed by atoms with Crippen molar-refractivity contribution in [1.29, 1.82) is 0 Å². The number of nitrogens with one attached hydrogen (secondary N) is 2. The number of hydrogen-bond donors (Lipinski definition) is 2. The highest BCUT2D eigenvalue weighted by molar-refractivity contribution is 7.07. The number of likely N-dealkylation sites (N-methyl/N-ethyl adjacent to an activating group) is 1. The average Bonchev–Trinajstić information content (AvgIpc) is 3.08. The van der Waals surface area contributed by atoms with E-state index < -0.39 is 0 Å². The van der Waals surface area contributed by atoms with Gasteiger partial charge in [0, 0.05) is 29.9 Å². The molecule has 2 amide bonds. The highest BCUT2D eigenvalue weighted by Crippen LogP contribution is 2.12. The third kappa shape index (κ3) is 5.69. The molecular weight excluding hydrogens is 334 g/mol. The van der Waals surface area contributed by atoms with Crippen molar-refractivity contribution in [3.05, 3.63) is 52.2 Å². The molecule has 2 rings (SSSR count). The van der Waals surface area contributed by atoms with Crippen LogP contribution in [-0.2, 0) is 11.3 Å². The van der Waals surface area contributed by atoms with Gasteiger partial charge in [-0.3, -0.25) is 9.59 Å². The summed E-state index contributed by atoms with van der Waals surface area (Å²) < 4.78 is 0. The molecule has 1 atom stereocenters. The largest absolute Gasteiger partial charge is 0.339 e. The predicted molar refractivity (Wildman–Crippen MR) is 102 cm³/mol. The van der Waals surface area contributed by atoms with Crippen molar-refractivity contribution in [1.82, 2.24) is 4.90 Å². The van der Waals surface area contributed by atoms with Crippen LogP contribution in [-0.4, -0.2) is 43.4 Å². The molecule has 0 bridgehead atoms. The van der Waals surface area contributed by atoms with E-state index in [1.54, 1.807) is 34.4 Å². The van der Waals surface area contributed by atoms with Crippen molar-refractivity contribution in [2.45, 2.75) is 20.4 Å². The van der Waals surface area contributed by atoms with Crippen LogP contribution in [0.1, 0.15) is 29.8 Å². The molecule has 2 aromatic rings. The van der Waals surface area contributed by atoms with Gasteiger partial charge in [-0.1, -0.05) is 6.07 Å². The molecular formula is C19H26N3O2S+. The molecule has 0 aliphatic heterocycles. The van der Waals surface area contributed by atoms with E-state index in [0.717, 1.165) is 11.4 Å². The monoisotopic (exact) mass is 360 g/mol. The lowest BCUT2D eigenvalue weighted by atomic mass is 10.1. The summed E-state index contributed by atoms with van der Waals surface area (Å²) in [6, 6.07) is 9.21. The fourth-order valence-corrected chi connectivity index (χ4v) is 3.38. The summed E-state index contributed by atoms with van der Waals surface area (Å²) in [6.45, 7) is 6.45. The van der Waals surface area contributed by atoms with Gasteiger partial charge in [-0.15, -0.1) is 0 Å². The molecule has 0 saturated carbocycles. The quantitative estimate of drug-likeness (QED) is 0.755. The number of hydrogen-bond acceptors (Lipinski definition) is 3. The van der Waals surface area contributed by atoms with Crippen LogP contribution >= 0.6 is 11.3 Å². The Hall–Kier alpha value is -2.18. The van der Waals surface area contributed by atoms with E-state index in [1.165, 1.54) is 5.56 Å². The van der Waals surface area contributed by atoms with Gasteiger partial charge in [-0.05, 0) is 48.9 Å². The lowest BCUT2D eigenvalue weighted by Gasteiger charge is -2.19. The number of anilines is 1. The van der Waals surface area contributed by atoms with Crippen molar-refractivity contribution >= 4 is 28.8 Å². The van der Waals surface area contributed by atoms with Crippen LogP contribution in [0.3, 0.4) is 0 Å². The summed E-state index contributed by atoms with van der Waals surface area (Å²) in [5.74, 6) is -0.0681. The van der Waals surface area contributed by atoms with Crippen LogP contribution in [0.4, 0.5) is 5.69 Å².